The van der Waals surface area contributed by atoms with Gasteiger partial charge in [0.05, 0.1) is 24.3 Å². The highest BCUT2D eigenvalue weighted by Gasteiger charge is 2.32. The van der Waals surface area contributed by atoms with Crippen molar-refractivity contribution in [3.63, 3.8) is 0 Å². The number of likely N-dealkylation sites (N-methyl/N-ethyl adjacent to an activating group) is 1. The number of pyridine rings is 1. The van der Waals surface area contributed by atoms with E-state index in [1.165, 1.54) is 0 Å². The highest BCUT2D eigenvalue weighted by Crippen LogP contribution is 2.35. The second kappa shape index (κ2) is 8.89. The first-order valence-electron chi connectivity index (χ1n) is 11.1. The van der Waals surface area contributed by atoms with Gasteiger partial charge in [-0.3, -0.25) is 9.69 Å². The largest absolute Gasteiger partial charge is 0.370 e. The Morgan fingerprint density at radius 2 is 1.88 bits per heavy atom. The third kappa shape index (κ3) is 4.47. The number of nitrogens with zero attached hydrogens (tertiary/aromatic N) is 5. The smallest absolute Gasteiger partial charge is 0.240 e. The number of ether oxygens (including phenoxy) is 1. The summed E-state index contributed by atoms with van der Waals surface area (Å²) in [4.78, 5) is 23.6. The molecule has 0 spiro atoms. The molecule has 1 aromatic heterocycles. The van der Waals surface area contributed by atoms with Crippen LogP contribution < -0.4 is 9.80 Å². The molecule has 32 heavy (non-hydrogen) atoms. The molecular weight excluding hydrogens is 402 g/mol. The molecular formula is C25H31N5O2. The number of aryl methyl sites for hydroxylation is 1. The standard InChI is InChI=1S/C25H31N5O2/c1-18-22-17-32-25(2,3)14-20(22)21(15-26)24(27-18)30-12-10-29(11-13-30)16-23(31)28(4)19-8-6-5-7-9-19/h5-9H,10-14,16-17H2,1-4H3. The minimum Gasteiger partial charge on any atom is -0.370 e. The Balaban J connectivity index is 1.45. The van der Waals surface area contributed by atoms with Gasteiger partial charge in [0.2, 0.25) is 5.91 Å². The van der Waals surface area contributed by atoms with Gasteiger partial charge in [-0.2, -0.15) is 5.26 Å². The number of carbonyl (C=O) groups excluding carboxylic acids is 1. The predicted molar refractivity (Wildman–Crippen MR) is 125 cm³/mol. The van der Waals surface area contributed by atoms with Crippen LogP contribution in [-0.4, -0.2) is 61.2 Å². The number of anilines is 2. The van der Waals surface area contributed by atoms with E-state index in [0.29, 0.717) is 25.1 Å². The van der Waals surface area contributed by atoms with Crippen molar-refractivity contribution in [2.24, 2.45) is 0 Å². The number of piperazine rings is 1. The van der Waals surface area contributed by atoms with E-state index < -0.39 is 0 Å². The van der Waals surface area contributed by atoms with Crippen LogP contribution >= 0.6 is 0 Å². The monoisotopic (exact) mass is 433 g/mol. The second-order valence-corrected chi connectivity index (χ2v) is 9.24. The molecule has 3 heterocycles. The van der Waals surface area contributed by atoms with Crippen molar-refractivity contribution in [2.75, 3.05) is 49.6 Å². The molecule has 7 heteroatoms. The molecule has 1 saturated heterocycles. The first kappa shape index (κ1) is 22.3. The molecule has 1 aromatic carbocycles. The Morgan fingerprint density at radius 3 is 2.53 bits per heavy atom. The molecule has 0 atom stereocenters. The summed E-state index contributed by atoms with van der Waals surface area (Å²) in [5.74, 6) is 0.848. The lowest BCUT2D eigenvalue weighted by molar-refractivity contribution is -0.119. The van der Waals surface area contributed by atoms with Crippen LogP contribution in [-0.2, 0) is 22.6 Å². The van der Waals surface area contributed by atoms with E-state index in [9.17, 15) is 10.1 Å². The molecule has 2 aliphatic heterocycles. The molecule has 168 valence electrons. The molecule has 7 nitrogen and oxygen atoms in total. The number of carbonyl (C=O) groups is 1. The van der Waals surface area contributed by atoms with Crippen molar-refractivity contribution >= 4 is 17.4 Å². The van der Waals surface area contributed by atoms with Crippen molar-refractivity contribution in [1.29, 1.82) is 5.26 Å². The summed E-state index contributed by atoms with van der Waals surface area (Å²) in [5.41, 5.74) is 4.36. The summed E-state index contributed by atoms with van der Waals surface area (Å²) in [7, 11) is 1.82. The van der Waals surface area contributed by atoms with Crippen LogP contribution in [0.2, 0.25) is 0 Å². The van der Waals surface area contributed by atoms with Crippen molar-refractivity contribution < 1.29 is 9.53 Å². The number of rotatable bonds is 4. The number of amides is 1. The van der Waals surface area contributed by atoms with E-state index in [1.807, 2.05) is 44.3 Å². The minimum atomic E-state index is -0.284. The Hall–Kier alpha value is -2.95. The van der Waals surface area contributed by atoms with Gasteiger partial charge < -0.3 is 14.5 Å². The quantitative estimate of drug-likeness (QED) is 0.738. The van der Waals surface area contributed by atoms with Crippen molar-refractivity contribution in [1.82, 2.24) is 9.88 Å². The number of aromatic nitrogens is 1. The highest BCUT2D eigenvalue weighted by molar-refractivity contribution is 5.94. The zero-order chi connectivity index (χ0) is 22.9. The lowest BCUT2D eigenvalue weighted by Gasteiger charge is -2.38. The third-order valence-electron chi connectivity index (χ3n) is 6.47. The zero-order valence-electron chi connectivity index (χ0n) is 19.4. The maximum Gasteiger partial charge on any atom is 0.240 e. The molecule has 2 aromatic rings. The molecule has 0 N–H and O–H groups in total. The summed E-state index contributed by atoms with van der Waals surface area (Å²) in [5, 5.41) is 9.99. The number of hydrogen-bond acceptors (Lipinski definition) is 6. The van der Waals surface area contributed by atoms with Crippen molar-refractivity contribution in [3.05, 3.63) is 52.7 Å². The van der Waals surface area contributed by atoms with Crippen LogP contribution in [0, 0.1) is 18.3 Å². The molecule has 4 rings (SSSR count). The van der Waals surface area contributed by atoms with Gasteiger partial charge in [-0.25, -0.2) is 4.98 Å². The maximum atomic E-state index is 12.7. The van der Waals surface area contributed by atoms with E-state index in [0.717, 1.165) is 54.5 Å². The summed E-state index contributed by atoms with van der Waals surface area (Å²) in [6, 6.07) is 12.1. The fourth-order valence-electron chi connectivity index (χ4n) is 4.47. The first-order valence-corrected chi connectivity index (χ1v) is 11.1. The topological polar surface area (TPSA) is 72.7 Å². The van der Waals surface area contributed by atoms with Crippen LogP contribution in [0.15, 0.2) is 30.3 Å². The highest BCUT2D eigenvalue weighted by atomic mass is 16.5. The SMILES string of the molecule is Cc1nc(N2CCN(CC(=O)N(C)c3ccccc3)CC2)c(C#N)c2c1COC(C)(C)C2. The van der Waals surface area contributed by atoms with E-state index in [-0.39, 0.29) is 11.5 Å². The molecule has 2 aliphatic rings. The van der Waals surface area contributed by atoms with E-state index in [4.69, 9.17) is 9.72 Å². The maximum absolute atomic E-state index is 12.7. The predicted octanol–water partition coefficient (Wildman–Crippen LogP) is 2.90. The molecule has 1 fully saturated rings. The van der Waals surface area contributed by atoms with Gasteiger partial charge in [0.15, 0.2) is 0 Å². The van der Waals surface area contributed by atoms with Gasteiger partial charge in [0.1, 0.15) is 11.9 Å². The number of benzene rings is 1. The Labute approximate surface area is 190 Å². The van der Waals surface area contributed by atoms with E-state index >= 15 is 0 Å². The van der Waals surface area contributed by atoms with Crippen molar-refractivity contribution in [2.45, 2.75) is 39.4 Å². The fourth-order valence-corrected chi connectivity index (χ4v) is 4.47. The van der Waals surface area contributed by atoms with Gasteiger partial charge in [0, 0.05) is 56.6 Å². The third-order valence-corrected chi connectivity index (χ3v) is 6.47. The molecule has 0 aliphatic carbocycles. The summed E-state index contributed by atoms with van der Waals surface area (Å²) < 4.78 is 5.95. The lowest BCUT2D eigenvalue weighted by Crippen LogP contribution is -2.50. The molecule has 1 amide bonds. The van der Waals surface area contributed by atoms with Crippen LogP contribution in [0.25, 0.3) is 0 Å². The normalized spacial score (nSPS) is 18.0. The van der Waals surface area contributed by atoms with Gasteiger partial charge >= 0.3 is 0 Å². The van der Waals surface area contributed by atoms with E-state index in [1.54, 1.807) is 4.90 Å². The lowest BCUT2D eigenvalue weighted by atomic mass is 9.88. The van der Waals surface area contributed by atoms with Gasteiger partial charge in [0.25, 0.3) is 0 Å². The molecule has 0 unspecified atom stereocenters. The summed E-state index contributed by atoms with van der Waals surface area (Å²) in [6.45, 7) is 10.00. The van der Waals surface area contributed by atoms with Gasteiger partial charge in [-0.05, 0) is 38.5 Å². The molecule has 0 radical (unpaired) electrons. The summed E-state index contributed by atoms with van der Waals surface area (Å²) >= 11 is 0. The minimum absolute atomic E-state index is 0.0762. The first-order chi connectivity index (χ1) is 15.3. The molecule has 0 saturated carbocycles. The average Bonchev–Trinajstić information content (AvgIpc) is 2.78. The molecule has 0 bridgehead atoms. The van der Waals surface area contributed by atoms with Crippen LogP contribution in [0.1, 0.15) is 36.2 Å². The Morgan fingerprint density at radius 1 is 1.19 bits per heavy atom. The van der Waals surface area contributed by atoms with Crippen LogP contribution in [0.4, 0.5) is 11.5 Å². The summed E-state index contributed by atoms with van der Waals surface area (Å²) in [6.07, 6.45) is 0.710. The Kier molecular flexibility index (Phi) is 6.18. The average molecular weight is 434 g/mol. The van der Waals surface area contributed by atoms with Crippen LogP contribution in [0.3, 0.4) is 0 Å². The Bertz CT molecular complexity index is 1040. The zero-order valence-corrected chi connectivity index (χ0v) is 19.4. The van der Waals surface area contributed by atoms with Crippen LogP contribution in [0.5, 0.6) is 0 Å². The fraction of sp³-hybridized carbons (Fsp3) is 0.480. The number of para-hydroxylation sites is 1. The van der Waals surface area contributed by atoms with E-state index in [2.05, 4.69) is 29.7 Å². The van der Waals surface area contributed by atoms with Crippen molar-refractivity contribution in [3.8, 4) is 6.07 Å². The van der Waals surface area contributed by atoms with Gasteiger partial charge in [-0.15, -0.1) is 0 Å². The number of nitriles is 1. The number of fused-ring (bicyclic) bond motifs is 1. The number of hydrogen-bond donors (Lipinski definition) is 0. The second-order valence-electron chi connectivity index (χ2n) is 9.24. The van der Waals surface area contributed by atoms with Gasteiger partial charge in [-0.1, -0.05) is 18.2 Å².